The number of carbonyl (C=O) groups excluding carboxylic acids is 1. The summed E-state index contributed by atoms with van der Waals surface area (Å²) in [5.41, 5.74) is -0.166. The number of hydrogen-bond donors (Lipinski definition) is 1. The number of nitriles is 1. The van der Waals surface area contributed by atoms with Gasteiger partial charge in [-0.15, -0.1) is 0 Å². The van der Waals surface area contributed by atoms with E-state index < -0.39 is 0 Å². The van der Waals surface area contributed by atoms with Crippen molar-refractivity contribution in [2.45, 2.75) is 45.6 Å². The molecule has 18 heavy (non-hydrogen) atoms. The number of carbonyl (C=O) groups is 1. The highest BCUT2D eigenvalue weighted by atomic mass is 16.1. The SMILES string of the molecule is CC(C)(C)NC(=O)CCC1C2C=CC(C2)C1C#N. The summed E-state index contributed by atoms with van der Waals surface area (Å²) in [5, 5.41) is 12.2. The Labute approximate surface area is 109 Å². The Morgan fingerprint density at radius 3 is 2.67 bits per heavy atom. The smallest absolute Gasteiger partial charge is 0.220 e. The van der Waals surface area contributed by atoms with Gasteiger partial charge in [-0.2, -0.15) is 5.26 Å². The van der Waals surface area contributed by atoms with Crippen LogP contribution in [0.1, 0.15) is 40.0 Å². The molecule has 0 aromatic heterocycles. The number of amides is 1. The molecule has 0 saturated heterocycles. The fourth-order valence-electron chi connectivity index (χ4n) is 3.29. The second-order valence-electron chi connectivity index (χ2n) is 6.60. The molecule has 2 aliphatic rings. The molecule has 0 aromatic carbocycles. The topological polar surface area (TPSA) is 52.9 Å². The maximum Gasteiger partial charge on any atom is 0.220 e. The van der Waals surface area contributed by atoms with E-state index in [0.717, 1.165) is 12.8 Å². The molecule has 1 N–H and O–H groups in total. The first-order chi connectivity index (χ1) is 8.40. The molecular weight excluding hydrogens is 224 g/mol. The summed E-state index contributed by atoms with van der Waals surface area (Å²) in [6.07, 6.45) is 6.92. The monoisotopic (exact) mass is 246 g/mol. The molecule has 2 bridgehead atoms. The molecule has 3 heteroatoms. The molecule has 3 nitrogen and oxygen atoms in total. The molecule has 0 aromatic rings. The minimum atomic E-state index is -0.166. The van der Waals surface area contributed by atoms with E-state index in [1.165, 1.54) is 0 Å². The van der Waals surface area contributed by atoms with Crippen LogP contribution in [0.5, 0.6) is 0 Å². The summed E-state index contributed by atoms with van der Waals surface area (Å²) in [6.45, 7) is 5.97. The molecule has 1 amide bonds. The maximum absolute atomic E-state index is 11.8. The van der Waals surface area contributed by atoms with E-state index in [1.807, 2.05) is 20.8 Å². The van der Waals surface area contributed by atoms with Crippen molar-refractivity contribution in [2.75, 3.05) is 0 Å². The third kappa shape index (κ3) is 2.75. The van der Waals surface area contributed by atoms with Crippen molar-refractivity contribution < 1.29 is 4.79 Å². The standard InChI is InChI=1S/C15H22N2O/c1-15(2,3)17-14(18)7-6-12-10-4-5-11(8-10)13(12)9-16/h4-5,10-13H,6-8H2,1-3H3,(H,17,18). The quantitative estimate of drug-likeness (QED) is 0.778. The van der Waals surface area contributed by atoms with E-state index in [0.29, 0.717) is 24.2 Å². The van der Waals surface area contributed by atoms with E-state index in [9.17, 15) is 10.1 Å². The van der Waals surface area contributed by atoms with Gasteiger partial charge in [-0.05, 0) is 51.4 Å². The lowest BCUT2D eigenvalue weighted by atomic mass is 9.81. The minimum Gasteiger partial charge on any atom is -0.352 e. The third-order valence-electron chi connectivity index (χ3n) is 3.99. The Balaban J connectivity index is 1.86. The normalized spacial score (nSPS) is 33.4. The zero-order valence-corrected chi connectivity index (χ0v) is 11.4. The van der Waals surface area contributed by atoms with Crippen LogP contribution in [-0.2, 0) is 4.79 Å². The lowest BCUT2D eigenvalue weighted by Gasteiger charge is -2.24. The Kier molecular flexibility index (Phi) is 3.47. The Morgan fingerprint density at radius 1 is 1.39 bits per heavy atom. The summed E-state index contributed by atoms with van der Waals surface area (Å²) < 4.78 is 0. The summed E-state index contributed by atoms with van der Waals surface area (Å²) in [7, 11) is 0. The summed E-state index contributed by atoms with van der Waals surface area (Å²) in [4.78, 5) is 11.8. The predicted octanol–water partition coefficient (Wildman–Crippen LogP) is 2.64. The fraction of sp³-hybridized carbons (Fsp3) is 0.733. The first kappa shape index (κ1) is 13.1. The molecule has 2 aliphatic carbocycles. The molecular formula is C15H22N2O. The van der Waals surface area contributed by atoms with E-state index >= 15 is 0 Å². The molecule has 4 unspecified atom stereocenters. The molecule has 2 rings (SSSR count). The predicted molar refractivity (Wildman–Crippen MR) is 70.5 cm³/mol. The van der Waals surface area contributed by atoms with Gasteiger partial charge in [0.15, 0.2) is 0 Å². The Hall–Kier alpha value is -1.30. The van der Waals surface area contributed by atoms with Gasteiger partial charge in [-0.25, -0.2) is 0 Å². The summed E-state index contributed by atoms with van der Waals surface area (Å²) in [6, 6.07) is 2.43. The van der Waals surface area contributed by atoms with Gasteiger partial charge in [-0.1, -0.05) is 12.2 Å². The van der Waals surface area contributed by atoms with Gasteiger partial charge in [0, 0.05) is 12.0 Å². The van der Waals surface area contributed by atoms with Crippen molar-refractivity contribution >= 4 is 5.91 Å². The second-order valence-corrected chi connectivity index (χ2v) is 6.60. The number of fused-ring (bicyclic) bond motifs is 2. The van der Waals surface area contributed by atoms with E-state index in [-0.39, 0.29) is 17.4 Å². The number of nitrogens with zero attached hydrogens (tertiary/aromatic N) is 1. The first-order valence-electron chi connectivity index (χ1n) is 6.79. The van der Waals surface area contributed by atoms with Gasteiger partial charge in [0.2, 0.25) is 5.91 Å². The number of rotatable bonds is 3. The fourth-order valence-corrected chi connectivity index (χ4v) is 3.29. The van der Waals surface area contributed by atoms with Gasteiger partial charge in [0.05, 0.1) is 12.0 Å². The van der Waals surface area contributed by atoms with E-state index in [2.05, 4.69) is 23.5 Å². The maximum atomic E-state index is 11.8. The van der Waals surface area contributed by atoms with Crippen LogP contribution >= 0.6 is 0 Å². The zero-order valence-electron chi connectivity index (χ0n) is 11.4. The van der Waals surface area contributed by atoms with Crippen molar-refractivity contribution in [3.8, 4) is 6.07 Å². The van der Waals surface area contributed by atoms with Gasteiger partial charge in [0.25, 0.3) is 0 Å². The van der Waals surface area contributed by atoms with Crippen molar-refractivity contribution in [1.29, 1.82) is 5.26 Å². The van der Waals surface area contributed by atoms with Gasteiger partial charge < -0.3 is 5.32 Å². The van der Waals surface area contributed by atoms with Crippen LogP contribution in [0.3, 0.4) is 0 Å². The van der Waals surface area contributed by atoms with Crippen LogP contribution in [0, 0.1) is 35.0 Å². The number of allylic oxidation sites excluding steroid dienone is 2. The van der Waals surface area contributed by atoms with Crippen LogP contribution in [0.15, 0.2) is 12.2 Å². The van der Waals surface area contributed by atoms with Crippen LogP contribution in [0.4, 0.5) is 0 Å². The Morgan fingerprint density at radius 2 is 2.06 bits per heavy atom. The van der Waals surface area contributed by atoms with Crippen molar-refractivity contribution in [1.82, 2.24) is 5.32 Å². The summed E-state index contributed by atoms with van der Waals surface area (Å²) in [5.74, 6) is 1.59. The molecule has 0 spiro atoms. The highest BCUT2D eigenvalue weighted by molar-refractivity contribution is 5.76. The van der Waals surface area contributed by atoms with Gasteiger partial charge >= 0.3 is 0 Å². The number of hydrogen-bond acceptors (Lipinski definition) is 2. The van der Waals surface area contributed by atoms with Crippen LogP contribution in [-0.4, -0.2) is 11.4 Å². The largest absolute Gasteiger partial charge is 0.352 e. The second kappa shape index (κ2) is 4.76. The third-order valence-corrected chi connectivity index (χ3v) is 3.99. The molecule has 0 heterocycles. The van der Waals surface area contributed by atoms with Gasteiger partial charge in [0.1, 0.15) is 0 Å². The summed E-state index contributed by atoms with van der Waals surface area (Å²) >= 11 is 0. The lowest BCUT2D eigenvalue weighted by molar-refractivity contribution is -0.122. The van der Waals surface area contributed by atoms with Crippen molar-refractivity contribution in [3.63, 3.8) is 0 Å². The molecule has 4 atom stereocenters. The van der Waals surface area contributed by atoms with Crippen LogP contribution in [0.25, 0.3) is 0 Å². The number of nitrogens with one attached hydrogen (secondary N) is 1. The lowest BCUT2D eigenvalue weighted by Crippen LogP contribution is -2.40. The zero-order chi connectivity index (χ0) is 13.3. The average molecular weight is 246 g/mol. The minimum absolute atomic E-state index is 0.103. The van der Waals surface area contributed by atoms with E-state index in [4.69, 9.17) is 0 Å². The van der Waals surface area contributed by atoms with Gasteiger partial charge in [-0.3, -0.25) is 4.79 Å². The highest BCUT2D eigenvalue weighted by Gasteiger charge is 2.44. The average Bonchev–Trinajstić information content (AvgIpc) is 2.83. The molecule has 98 valence electrons. The Bertz CT molecular complexity index is 400. The molecule has 0 radical (unpaired) electrons. The molecule has 1 saturated carbocycles. The van der Waals surface area contributed by atoms with Crippen molar-refractivity contribution in [2.24, 2.45) is 23.7 Å². The van der Waals surface area contributed by atoms with Crippen LogP contribution < -0.4 is 5.32 Å². The van der Waals surface area contributed by atoms with E-state index in [1.54, 1.807) is 0 Å². The highest BCUT2D eigenvalue weighted by Crippen LogP contribution is 2.49. The van der Waals surface area contributed by atoms with Crippen molar-refractivity contribution in [3.05, 3.63) is 12.2 Å². The molecule has 1 fully saturated rings. The first-order valence-corrected chi connectivity index (χ1v) is 6.79. The van der Waals surface area contributed by atoms with Crippen LogP contribution in [0.2, 0.25) is 0 Å². The molecule has 0 aliphatic heterocycles.